The Labute approximate surface area is 96.7 Å². The van der Waals surface area contributed by atoms with E-state index < -0.39 is 5.97 Å². The second-order valence-electron chi connectivity index (χ2n) is 6.21. The summed E-state index contributed by atoms with van der Waals surface area (Å²) in [6.07, 6.45) is 9.40. The minimum absolute atomic E-state index is 0.0509. The van der Waals surface area contributed by atoms with Gasteiger partial charge in [-0.3, -0.25) is 0 Å². The number of carbonyl (C=O) groups is 1. The molecule has 0 aromatic rings. The van der Waals surface area contributed by atoms with Crippen molar-refractivity contribution in [1.82, 2.24) is 0 Å². The Hall–Kier alpha value is -0.790. The van der Waals surface area contributed by atoms with Gasteiger partial charge in [0.2, 0.25) is 0 Å². The highest BCUT2D eigenvalue weighted by Crippen LogP contribution is 2.62. The molecule has 0 saturated heterocycles. The molecule has 4 bridgehead atoms. The van der Waals surface area contributed by atoms with Gasteiger partial charge in [-0.05, 0) is 63.2 Å². The molecule has 0 spiro atoms. The van der Waals surface area contributed by atoms with Crippen molar-refractivity contribution >= 4 is 5.97 Å². The lowest BCUT2D eigenvalue weighted by Gasteiger charge is -2.57. The lowest BCUT2D eigenvalue weighted by molar-refractivity contribution is -0.136. The first-order chi connectivity index (χ1) is 7.63. The second-order valence-corrected chi connectivity index (χ2v) is 6.21. The molecule has 4 rings (SSSR count). The number of hydrogen-bond acceptors (Lipinski definition) is 1. The standard InChI is InChI=1S/C14H20O2/c1-2-12(13(15)16)14-6-9-3-10(7-14)5-11(4-9)8-14/h2,9-11H,3-8H2,1H3,(H,15,16)/b12-2-. The van der Waals surface area contributed by atoms with Crippen molar-refractivity contribution < 1.29 is 9.90 Å². The zero-order chi connectivity index (χ0) is 11.3. The van der Waals surface area contributed by atoms with Gasteiger partial charge in [-0.25, -0.2) is 4.79 Å². The first-order valence-corrected chi connectivity index (χ1v) is 6.53. The van der Waals surface area contributed by atoms with Gasteiger partial charge in [0, 0.05) is 11.0 Å². The van der Waals surface area contributed by atoms with E-state index >= 15 is 0 Å². The summed E-state index contributed by atoms with van der Waals surface area (Å²) in [4.78, 5) is 11.4. The molecule has 4 fully saturated rings. The van der Waals surface area contributed by atoms with Gasteiger partial charge in [-0.2, -0.15) is 0 Å². The van der Waals surface area contributed by atoms with Gasteiger partial charge >= 0.3 is 5.97 Å². The number of carboxylic acids is 1. The summed E-state index contributed by atoms with van der Waals surface area (Å²) >= 11 is 0. The van der Waals surface area contributed by atoms with E-state index in [-0.39, 0.29) is 5.41 Å². The average molecular weight is 220 g/mol. The van der Waals surface area contributed by atoms with E-state index in [9.17, 15) is 9.90 Å². The lowest BCUT2D eigenvalue weighted by atomic mass is 9.48. The summed E-state index contributed by atoms with van der Waals surface area (Å²) in [7, 11) is 0. The van der Waals surface area contributed by atoms with Gasteiger partial charge < -0.3 is 5.11 Å². The van der Waals surface area contributed by atoms with Gasteiger partial charge in [0.25, 0.3) is 0 Å². The van der Waals surface area contributed by atoms with Crippen molar-refractivity contribution in [2.75, 3.05) is 0 Å². The highest BCUT2D eigenvalue weighted by Gasteiger charge is 2.53. The molecule has 1 N–H and O–H groups in total. The molecule has 88 valence electrons. The van der Waals surface area contributed by atoms with E-state index in [1.165, 1.54) is 19.3 Å². The molecule has 0 radical (unpaired) electrons. The van der Waals surface area contributed by atoms with Gasteiger partial charge in [0.15, 0.2) is 0 Å². The highest BCUT2D eigenvalue weighted by atomic mass is 16.4. The van der Waals surface area contributed by atoms with E-state index in [4.69, 9.17) is 0 Å². The number of allylic oxidation sites excluding steroid dienone is 1. The van der Waals surface area contributed by atoms with E-state index in [0.717, 1.165) is 37.0 Å². The van der Waals surface area contributed by atoms with E-state index in [2.05, 4.69) is 0 Å². The fourth-order valence-electron chi connectivity index (χ4n) is 5.10. The van der Waals surface area contributed by atoms with Gasteiger partial charge in [0.05, 0.1) is 0 Å². The van der Waals surface area contributed by atoms with Crippen molar-refractivity contribution in [2.24, 2.45) is 23.2 Å². The van der Waals surface area contributed by atoms with Crippen LogP contribution in [0, 0.1) is 23.2 Å². The van der Waals surface area contributed by atoms with Crippen molar-refractivity contribution in [2.45, 2.75) is 45.4 Å². The summed E-state index contributed by atoms with van der Waals surface area (Å²) in [5.74, 6) is 1.78. The predicted molar refractivity (Wildman–Crippen MR) is 62.0 cm³/mol. The SMILES string of the molecule is C/C=C(/C(=O)O)C12CC3CC(CC(C3)C1)C2. The quantitative estimate of drug-likeness (QED) is 0.725. The fourth-order valence-corrected chi connectivity index (χ4v) is 5.10. The molecule has 0 heterocycles. The summed E-state index contributed by atoms with van der Waals surface area (Å²) in [6, 6.07) is 0. The molecule has 4 aliphatic rings. The van der Waals surface area contributed by atoms with E-state index in [0.29, 0.717) is 5.57 Å². The maximum atomic E-state index is 11.4. The van der Waals surface area contributed by atoms with Crippen LogP contribution in [-0.2, 0) is 4.79 Å². The van der Waals surface area contributed by atoms with Gasteiger partial charge in [-0.15, -0.1) is 0 Å². The molecule has 0 atom stereocenters. The Morgan fingerprint density at radius 3 is 1.88 bits per heavy atom. The monoisotopic (exact) mass is 220 g/mol. The van der Waals surface area contributed by atoms with Crippen molar-refractivity contribution in [3.8, 4) is 0 Å². The fraction of sp³-hybridized carbons (Fsp3) is 0.786. The second kappa shape index (κ2) is 3.35. The lowest BCUT2D eigenvalue weighted by Crippen LogP contribution is -2.48. The molecule has 0 amide bonds. The average Bonchev–Trinajstić information content (AvgIpc) is 2.14. The number of carboxylic acid groups (broad SMARTS) is 1. The molecule has 16 heavy (non-hydrogen) atoms. The van der Waals surface area contributed by atoms with Gasteiger partial charge in [-0.1, -0.05) is 6.08 Å². The molecular weight excluding hydrogens is 200 g/mol. The van der Waals surface area contributed by atoms with Crippen molar-refractivity contribution in [3.05, 3.63) is 11.6 Å². The van der Waals surface area contributed by atoms with Crippen LogP contribution < -0.4 is 0 Å². The maximum absolute atomic E-state index is 11.4. The van der Waals surface area contributed by atoms with Crippen molar-refractivity contribution in [1.29, 1.82) is 0 Å². The molecule has 4 aliphatic carbocycles. The third-order valence-electron chi connectivity index (χ3n) is 5.13. The van der Waals surface area contributed by atoms with Crippen molar-refractivity contribution in [3.63, 3.8) is 0 Å². The minimum Gasteiger partial charge on any atom is -0.478 e. The summed E-state index contributed by atoms with van der Waals surface area (Å²) in [5, 5.41) is 9.36. The molecule has 0 unspecified atom stereocenters. The Morgan fingerprint density at radius 2 is 1.56 bits per heavy atom. The highest BCUT2D eigenvalue weighted by molar-refractivity contribution is 5.88. The summed E-state index contributed by atoms with van der Waals surface area (Å²) < 4.78 is 0. The number of rotatable bonds is 2. The van der Waals surface area contributed by atoms with Crippen LogP contribution in [0.25, 0.3) is 0 Å². The van der Waals surface area contributed by atoms with E-state index in [1.54, 1.807) is 0 Å². The van der Waals surface area contributed by atoms with E-state index in [1.807, 2.05) is 13.0 Å². The first kappa shape index (κ1) is 10.4. The Balaban J connectivity index is 1.96. The number of hydrogen-bond donors (Lipinski definition) is 1. The third-order valence-corrected chi connectivity index (χ3v) is 5.13. The summed E-state index contributed by atoms with van der Waals surface area (Å²) in [5.41, 5.74) is 0.765. The zero-order valence-corrected chi connectivity index (χ0v) is 9.91. The molecule has 2 heteroatoms. The zero-order valence-electron chi connectivity index (χ0n) is 9.91. The smallest absolute Gasteiger partial charge is 0.331 e. The molecule has 0 aromatic heterocycles. The van der Waals surface area contributed by atoms with Crippen LogP contribution in [0.2, 0.25) is 0 Å². The Bertz CT molecular complexity index is 318. The minimum atomic E-state index is -0.676. The number of aliphatic carboxylic acids is 1. The topological polar surface area (TPSA) is 37.3 Å². The largest absolute Gasteiger partial charge is 0.478 e. The Morgan fingerprint density at radius 1 is 1.12 bits per heavy atom. The predicted octanol–water partition coefficient (Wildman–Crippen LogP) is 3.23. The van der Waals surface area contributed by atoms with Crippen LogP contribution in [-0.4, -0.2) is 11.1 Å². The van der Waals surface area contributed by atoms with Crippen LogP contribution in [0.1, 0.15) is 45.4 Å². The normalized spacial score (nSPS) is 46.1. The first-order valence-electron chi connectivity index (χ1n) is 6.53. The van der Waals surface area contributed by atoms with Crippen LogP contribution in [0.4, 0.5) is 0 Å². The maximum Gasteiger partial charge on any atom is 0.331 e. The van der Waals surface area contributed by atoms with Crippen LogP contribution in [0.15, 0.2) is 11.6 Å². The molecule has 2 nitrogen and oxygen atoms in total. The summed E-state index contributed by atoms with van der Waals surface area (Å²) in [6.45, 7) is 1.89. The Kier molecular flexibility index (Phi) is 2.17. The molecule has 4 saturated carbocycles. The third kappa shape index (κ3) is 1.35. The van der Waals surface area contributed by atoms with Crippen LogP contribution in [0.5, 0.6) is 0 Å². The van der Waals surface area contributed by atoms with Gasteiger partial charge in [0.1, 0.15) is 0 Å². The van der Waals surface area contributed by atoms with Crippen LogP contribution in [0.3, 0.4) is 0 Å². The molecular formula is C14H20O2. The molecule has 0 aromatic carbocycles. The molecule has 0 aliphatic heterocycles. The van der Waals surface area contributed by atoms with Crippen LogP contribution >= 0.6 is 0 Å².